The molecule has 6 nitrogen and oxygen atoms in total. The molecule has 190 valence electrons. The Morgan fingerprint density at radius 2 is 1.83 bits per heavy atom. The van der Waals surface area contributed by atoms with E-state index < -0.39 is 0 Å². The maximum Gasteiger partial charge on any atom is 0.246 e. The second kappa shape index (κ2) is 13.7. The largest absolute Gasteiger partial charge is 0.465 e. The van der Waals surface area contributed by atoms with Gasteiger partial charge in [0.1, 0.15) is 17.3 Å². The van der Waals surface area contributed by atoms with Gasteiger partial charge in [-0.1, -0.05) is 53.7 Å². The van der Waals surface area contributed by atoms with Crippen molar-refractivity contribution in [2.45, 2.75) is 80.1 Å². The number of hydrogen-bond donors (Lipinski definition) is 1. The number of pyridine rings is 1. The predicted molar refractivity (Wildman–Crippen MR) is 144 cm³/mol. The van der Waals surface area contributed by atoms with Crippen molar-refractivity contribution in [3.63, 3.8) is 0 Å². The van der Waals surface area contributed by atoms with Crippen LogP contribution in [-0.2, 0) is 22.4 Å². The Morgan fingerprint density at radius 1 is 1.11 bits per heavy atom. The number of aromatic nitrogens is 1. The minimum atomic E-state index is -0.000486. The first-order valence-corrected chi connectivity index (χ1v) is 13.1. The first-order chi connectivity index (χ1) is 17.1. The topological polar surface area (TPSA) is 75.4 Å². The van der Waals surface area contributed by atoms with E-state index in [1.807, 2.05) is 52.5 Å². The summed E-state index contributed by atoms with van der Waals surface area (Å²) in [6.45, 7) is 15.5. The van der Waals surface area contributed by atoms with Crippen LogP contribution in [0.25, 0.3) is 12.2 Å². The van der Waals surface area contributed by atoms with Crippen molar-refractivity contribution in [1.29, 1.82) is 0 Å². The van der Waals surface area contributed by atoms with Crippen LogP contribution in [0.3, 0.4) is 0 Å². The maximum atomic E-state index is 12.5. The van der Waals surface area contributed by atoms with Crippen molar-refractivity contribution in [2.24, 2.45) is 0 Å². The van der Waals surface area contributed by atoms with Gasteiger partial charge in [0.05, 0.1) is 5.92 Å². The van der Waals surface area contributed by atoms with E-state index in [0.29, 0.717) is 31.7 Å². The summed E-state index contributed by atoms with van der Waals surface area (Å²) in [5.41, 5.74) is 4.32. The number of allylic oxidation sites excluding steroid dienone is 1. The molecular weight excluding hydrogens is 438 g/mol. The average Bonchev–Trinajstić information content (AvgIpc) is 3.21. The van der Waals surface area contributed by atoms with Gasteiger partial charge in [-0.05, 0) is 48.6 Å². The molecule has 2 amide bonds. The summed E-state index contributed by atoms with van der Waals surface area (Å²) in [5.74, 6) is 3.03. The summed E-state index contributed by atoms with van der Waals surface area (Å²) in [6, 6.07) is 1.98. The molecule has 2 aromatic rings. The monoisotopic (exact) mass is 479 g/mol. The van der Waals surface area contributed by atoms with Crippen molar-refractivity contribution in [3.8, 4) is 0 Å². The van der Waals surface area contributed by atoms with Gasteiger partial charge in [-0.2, -0.15) is 0 Å². The van der Waals surface area contributed by atoms with E-state index in [-0.39, 0.29) is 17.7 Å². The number of likely N-dealkylation sites (tertiary alicyclic amines) is 1. The molecule has 1 N–H and O–H groups in total. The number of carbonyl (C=O) groups excluding carboxylic acids is 2. The maximum absolute atomic E-state index is 12.5. The average molecular weight is 480 g/mol. The number of amides is 2. The van der Waals surface area contributed by atoms with E-state index in [4.69, 9.17) is 4.42 Å². The molecule has 1 saturated heterocycles. The fourth-order valence-corrected chi connectivity index (χ4v) is 4.28. The minimum absolute atomic E-state index is 0.000486. The van der Waals surface area contributed by atoms with Gasteiger partial charge in [-0.15, -0.1) is 0 Å². The molecule has 0 aromatic carbocycles. The Labute approximate surface area is 210 Å². The van der Waals surface area contributed by atoms with Crippen LogP contribution >= 0.6 is 0 Å². The Kier molecular flexibility index (Phi) is 11.0. The van der Waals surface area contributed by atoms with Gasteiger partial charge in [-0.3, -0.25) is 9.59 Å². The van der Waals surface area contributed by atoms with E-state index in [2.05, 4.69) is 29.4 Å². The molecule has 0 bridgehead atoms. The van der Waals surface area contributed by atoms with Crippen LogP contribution in [-0.4, -0.2) is 34.8 Å². The number of rotatable bonds is 3. The van der Waals surface area contributed by atoms with Crippen LogP contribution in [0.2, 0.25) is 0 Å². The van der Waals surface area contributed by atoms with Crippen molar-refractivity contribution in [1.82, 2.24) is 9.88 Å². The lowest BCUT2D eigenvalue weighted by Crippen LogP contribution is -2.47. The molecule has 4 heterocycles. The van der Waals surface area contributed by atoms with Gasteiger partial charge < -0.3 is 14.6 Å². The second-order valence-corrected chi connectivity index (χ2v) is 7.97. The molecule has 1 fully saturated rings. The molecule has 2 aromatic heterocycles. The van der Waals surface area contributed by atoms with Gasteiger partial charge in [0.25, 0.3) is 0 Å². The zero-order valence-corrected chi connectivity index (χ0v) is 22.4. The molecule has 35 heavy (non-hydrogen) atoms. The van der Waals surface area contributed by atoms with E-state index in [1.54, 1.807) is 18.3 Å². The van der Waals surface area contributed by atoms with Crippen LogP contribution in [0.4, 0.5) is 5.82 Å². The molecule has 6 heteroatoms. The molecule has 0 radical (unpaired) electrons. The summed E-state index contributed by atoms with van der Waals surface area (Å²) in [4.78, 5) is 30.1. The van der Waals surface area contributed by atoms with Gasteiger partial charge in [0, 0.05) is 43.8 Å². The minimum Gasteiger partial charge on any atom is -0.465 e. The fraction of sp³-hybridized carbons (Fsp3) is 0.483. The molecule has 0 unspecified atom stereocenters. The summed E-state index contributed by atoms with van der Waals surface area (Å²) in [5, 5.41) is 2.77. The molecule has 2 aliphatic heterocycles. The Hall–Kier alpha value is -3.15. The number of nitrogens with one attached hydrogen (secondary N) is 1. The number of anilines is 1. The van der Waals surface area contributed by atoms with Crippen molar-refractivity contribution in [2.75, 3.05) is 18.4 Å². The van der Waals surface area contributed by atoms with Crippen LogP contribution < -0.4 is 5.32 Å². The fourth-order valence-electron chi connectivity index (χ4n) is 4.28. The SMILES string of the molecule is CC.CC.CC.Cc1c(C2CN(C(=O)/C=C/c3cnc4c(c3)CCC(=O)N4)C2)oc2c1C=CCC2. The summed E-state index contributed by atoms with van der Waals surface area (Å²) in [7, 11) is 0. The number of furan rings is 1. The summed E-state index contributed by atoms with van der Waals surface area (Å²) in [6.07, 6.45) is 12.6. The first-order valence-electron chi connectivity index (χ1n) is 13.1. The van der Waals surface area contributed by atoms with Gasteiger partial charge in [0.15, 0.2) is 0 Å². The zero-order valence-electron chi connectivity index (χ0n) is 22.4. The number of carbonyl (C=O) groups is 2. The van der Waals surface area contributed by atoms with Gasteiger partial charge in [-0.25, -0.2) is 4.98 Å². The standard InChI is InChI=1S/C23H23N3O3.3C2H6/c1-14-18-4-2-3-5-19(18)29-22(14)17-12-26(13-17)21(28)9-6-15-10-16-7-8-20(27)25-23(16)24-11-15;3*1-2/h2,4,6,9-11,17H,3,5,7-8,12-13H2,1H3,(H,24,25,27);3*1-2H3/b9-6+;;;. The van der Waals surface area contributed by atoms with Gasteiger partial charge >= 0.3 is 0 Å². The highest BCUT2D eigenvalue weighted by atomic mass is 16.3. The lowest BCUT2D eigenvalue weighted by molar-refractivity contribution is -0.130. The van der Waals surface area contributed by atoms with E-state index in [0.717, 1.165) is 35.5 Å². The molecular formula is C29H41N3O3. The lowest BCUT2D eigenvalue weighted by atomic mass is 9.92. The van der Waals surface area contributed by atoms with E-state index in [9.17, 15) is 9.59 Å². The third-order valence-electron chi connectivity index (χ3n) is 5.98. The van der Waals surface area contributed by atoms with Crippen LogP contribution in [0.1, 0.15) is 94.1 Å². The van der Waals surface area contributed by atoms with Crippen molar-refractivity contribution in [3.05, 3.63) is 58.2 Å². The third-order valence-corrected chi connectivity index (χ3v) is 5.98. The first kappa shape index (κ1) is 28.1. The van der Waals surface area contributed by atoms with E-state index in [1.165, 1.54) is 11.1 Å². The summed E-state index contributed by atoms with van der Waals surface area (Å²) >= 11 is 0. The molecule has 5 rings (SSSR count). The van der Waals surface area contributed by atoms with Crippen LogP contribution in [0.5, 0.6) is 0 Å². The Morgan fingerprint density at radius 3 is 2.51 bits per heavy atom. The van der Waals surface area contributed by atoms with E-state index >= 15 is 0 Å². The molecule has 0 saturated carbocycles. The highest BCUT2D eigenvalue weighted by Crippen LogP contribution is 2.36. The Balaban J connectivity index is 0.000000671. The smallest absolute Gasteiger partial charge is 0.246 e. The normalized spacial score (nSPS) is 15.7. The quantitative estimate of drug-likeness (QED) is 0.507. The van der Waals surface area contributed by atoms with Crippen molar-refractivity contribution >= 4 is 29.8 Å². The second-order valence-electron chi connectivity index (χ2n) is 7.97. The third kappa shape index (κ3) is 6.50. The number of aryl methyl sites for hydroxylation is 2. The molecule has 3 aliphatic rings. The summed E-state index contributed by atoms with van der Waals surface area (Å²) < 4.78 is 6.11. The van der Waals surface area contributed by atoms with Crippen LogP contribution in [0, 0.1) is 6.92 Å². The Bertz CT molecular complexity index is 1060. The number of nitrogens with zero attached hydrogens (tertiary/aromatic N) is 2. The van der Waals surface area contributed by atoms with Gasteiger partial charge in [0.2, 0.25) is 11.8 Å². The molecule has 0 spiro atoms. The molecule has 0 atom stereocenters. The molecule has 1 aliphatic carbocycles. The number of fused-ring (bicyclic) bond motifs is 2. The van der Waals surface area contributed by atoms with Crippen LogP contribution in [0.15, 0.2) is 28.8 Å². The predicted octanol–water partition coefficient (Wildman–Crippen LogP) is 6.54. The number of hydrogen-bond acceptors (Lipinski definition) is 4. The highest BCUT2D eigenvalue weighted by Gasteiger charge is 2.35. The zero-order chi connectivity index (χ0) is 26.0. The van der Waals surface area contributed by atoms with Crippen molar-refractivity contribution < 1.29 is 14.0 Å². The highest BCUT2D eigenvalue weighted by molar-refractivity contribution is 5.94. The lowest BCUT2D eigenvalue weighted by Gasteiger charge is -2.37.